The van der Waals surface area contributed by atoms with Crippen LogP contribution in [0.15, 0.2) is 30.5 Å². The molecule has 0 fully saturated rings. The summed E-state index contributed by atoms with van der Waals surface area (Å²) in [6, 6.07) is 6.40. The number of esters is 1. The van der Waals surface area contributed by atoms with E-state index in [1.54, 1.807) is 9.40 Å². The summed E-state index contributed by atoms with van der Waals surface area (Å²) in [4.78, 5) is 24.5. The highest BCUT2D eigenvalue weighted by Crippen LogP contribution is 2.31. The molecule has 0 spiro atoms. The molecule has 13 nitrogen and oxygen atoms in total. The van der Waals surface area contributed by atoms with Gasteiger partial charge in [-0.25, -0.2) is 14.3 Å². The number of carbonyl (C=O) groups excluding carboxylic acids is 2. The molecule has 0 atom stereocenters. The Balaban J connectivity index is 1.57. The van der Waals surface area contributed by atoms with Crippen LogP contribution in [0.3, 0.4) is 0 Å². The van der Waals surface area contributed by atoms with Crippen LogP contribution in [-0.2, 0) is 27.9 Å². The van der Waals surface area contributed by atoms with Crippen molar-refractivity contribution < 1.29 is 22.7 Å². The van der Waals surface area contributed by atoms with Crippen molar-refractivity contribution >= 4 is 45.3 Å². The molecule has 35 heavy (non-hydrogen) atoms. The molecule has 0 aliphatic carbocycles. The average molecular weight is 519 g/mol. The Morgan fingerprint density at radius 3 is 2.74 bits per heavy atom. The van der Waals surface area contributed by atoms with E-state index in [-0.39, 0.29) is 28.5 Å². The first-order chi connectivity index (χ1) is 16.7. The van der Waals surface area contributed by atoms with E-state index in [0.29, 0.717) is 11.6 Å². The highest BCUT2D eigenvalue weighted by molar-refractivity contribution is 7.91. The van der Waals surface area contributed by atoms with E-state index < -0.39 is 22.2 Å². The van der Waals surface area contributed by atoms with Crippen LogP contribution in [0, 0.1) is 11.3 Å². The molecule has 1 aliphatic heterocycles. The van der Waals surface area contributed by atoms with Gasteiger partial charge < -0.3 is 4.74 Å². The van der Waals surface area contributed by atoms with E-state index in [4.69, 9.17) is 11.6 Å². The number of carbonyl (C=O) groups is 2. The number of anilines is 2. The fourth-order valence-electron chi connectivity index (χ4n) is 3.57. The fourth-order valence-corrected chi connectivity index (χ4v) is 4.69. The molecule has 0 saturated heterocycles. The summed E-state index contributed by atoms with van der Waals surface area (Å²) in [5.74, 6) is -0.684. The van der Waals surface area contributed by atoms with Crippen LogP contribution in [0.1, 0.15) is 34.5 Å². The zero-order valence-electron chi connectivity index (χ0n) is 18.3. The summed E-state index contributed by atoms with van der Waals surface area (Å²) in [5.41, 5.74) is 0.624. The van der Waals surface area contributed by atoms with Crippen LogP contribution in [0.2, 0.25) is 5.02 Å². The van der Waals surface area contributed by atoms with Gasteiger partial charge in [0, 0.05) is 6.54 Å². The Hall–Kier alpha value is -4.09. The molecule has 3 N–H and O–H groups in total. The van der Waals surface area contributed by atoms with Gasteiger partial charge in [0.25, 0.3) is 0 Å². The van der Waals surface area contributed by atoms with Crippen LogP contribution in [0.25, 0.3) is 5.82 Å². The topological polar surface area (TPSA) is 173 Å². The van der Waals surface area contributed by atoms with Gasteiger partial charge in [0.2, 0.25) is 0 Å². The van der Waals surface area contributed by atoms with Gasteiger partial charge in [-0.05, 0) is 31.4 Å². The highest BCUT2D eigenvalue weighted by atomic mass is 35.5. The number of ether oxygens (including phenoxy) is 1. The third kappa shape index (κ3) is 4.91. The van der Waals surface area contributed by atoms with E-state index in [0.717, 1.165) is 32.1 Å². The van der Waals surface area contributed by atoms with Gasteiger partial charge >= 0.3 is 22.2 Å². The number of urea groups is 1. The molecule has 2 amide bonds. The summed E-state index contributed by atoms with van der Waals surface area (Å²) in [5, 5.41) is 20.6. The van der Waals surface area contributed by atoms with Crippen molar-refractivity contribution in [3.8, 4) is 11.9 Å². The first-order valence-corrected chi connectivity index (χ1v) is 12.1. The molecule has 182 valence electrons. The molecule has 1 aromatic carbocycles. The van der Waals surface area contributed by atoms with Gasteiger partial charge in [-0.2, -0.15) is 28.6 Å². The number of fused-ring (bicyclic) bond motifs is 1. The van der Waals surface area contributed by atoms with Crippen molar-refractivity contribution in [2.45, 2.75) is 25.8 Å². The molecule has 0 radical (unpaired) electrons. The first-order valence-electron chi connectivity index (χ1n) is 10.3. The van der Waals surface area contributed by atoms with Crippen LogP contribution in [0.4, 0.5) is 16.3 Å². The summed E-state index contributed by atoms with van der Waals surface area (Å²) in [6.45, 7) is 0.668. The van der Waals surface area contributed by atoms with Gasteiger partial charge in [0.05, 0.1) is 30.3 Å². The van der Waals surface area contributed by atoms with Crippen LogP contribution < -0.4 is 14.8 Å². The third-order valence-corrected chi connectivity index (χ3v) is 6.47. The summed E-state index contributed by atoms with van der Waals surface area (Å²) >= 11 is 6.49. The molecule has 0 unspecified atom stereocenters. The molecule has 3 heterocycles. The molecule has 4 rings (SSSR count). The average Bonchev–Trinajstić information content (AvgIpc) is 3.38. The van der Waals surface area contributed by atoms with Gasteiger partial charge in [-0.3, -0.25) is 14.7 Å². The molecule has 2 aromatic heterocycles. The van der Waals surface area contributed by atoms with E-state index in [9.17, 15) is 23.3 Å². The number of methoxy groups -OCH3 is 1. The number of aryl methyl sites for hydroxylation is 1. The predicted molar refractivity (Wildman–Crippen MR) is 124 cm³/mol. The van der Waals surface area contributed by atoms with Crippen molar-refractivity contribution in [3.05, 3.63) is 52.3 Å². The van der Waals surface area contributed by atoms with Crippen molar-refractivity contribution in [1.29, 1.82) is 5.26 Å². The Bertz CT molecular complexity index is 1460. The Morgan fingerprint density at radius 2 is 2.03 bits per heavy atom. The van der Waals surface area contributed by atoms with Crippen molar-refractivity contribution in [1.82, 2.24) is 24.3 Å². The fraction of sp³-hybridized carbons (Fsp3) is 0.250. The first kappa shape index (κ1) is 24.0. The maximum atomic E-state index is 12.6. The lowest BCUT2D eigenvalue weighted by molar-refractivity contribution is 0.0602. The van der Waals surface area contributed by atoms with Gasteiger partial charge in [0.15, 0.2) is 11.6 Å². The van der Waals surface area contributed by atoms with Gasteiger partial charge in [0.1, 0.15) is 16.7 Å². The number of halogens is 1. The lowest BCUT2D eigenvalue weighted by atomic mass is 10.1. The number of hydrogen-bond acceptors (Lipinski definition) is 8. The highest BCUT2D eigenvalue weighted by Gasteiger charge is 2.26. The molecular formula is C20H19ClN8O5S. The summed E-state index contributed by atoms with van der Waals surface area (Å²) < 4.78 is 36.5. The molecular weight excluding hydrogens is 500 g/mol. The standard InChI is InChI=1S/C20H19ClN8O5S/c1-34-19(30)13-6-2-3-7-14(13)26-35(32,33)27-20(31)24-17-12(10-22)11-23-29(17)18-16(21)15-8-4-5-9-28(15)25-18/h2-3,6-7,11,26H,4-5,8-9H2,1H3,(H2,24,27,31). The molecule has 1 aliphatic rings. The normalized spacial score (nSPS) is 12.8. The zero-order valence-corrected chi connectivity index (χ0v) is 19.9. The number of nitrogens with one attached hydrogen (secondary N) is 3. The van der Waals surface area contributed by atoms with Crippen molar-refractivity contribution in [3.63, 3.8) is 0 Å². The van der Waals surface area contributed by atoms with Gasteiger partial charge in [-0.15, -0.1) is 0 Å². The van der Waals surface area contributed by atoms with Crippen molar-refractivity contribution in [2.75, 3.05) is 17.1 Å². The van der Waals surface area contributed by atoms with Gasteiger partial charge in [-0.1, -0.05) is 23.7 Å². The molecule has 15 heteroatoms. The second-order valence-corrected chi connectivity index (χ2v) is 9.19. The third-order valence-electron chi connectivity index (χ3n) is 5.14. The number of nitriles is 1. The monoisotopic (exact) mass is 518 g/mol. The second-order valence-electron chi connectivity index (χ2n) is 7.39. The Morgan fingerprint density at radius 1 is 1.26 bits per heavy atom. The maximum Gasteiger partial charge on any atom is 0.339 e. The van der Waals surface area contributed by atoms with E-state index >= 15 is 0 Å². The number of hydrogen-bond donors (Lipinski definition) is 3. The minimum atomic E-state index is -4.49. The van der Waals surface area contributed by atoms with Crippen LogP contribution >= 0.6 is 11.6 Å². The number of benzene rings is 1. The van der Waals surface area contributed by atoms with Crippen molar-refractivity contribution in [2.24, 2.45) is 0 Å². The maximum absolute atomic E-state index is 12.6. The summed E-state index contributed by atoms with van der Waals surface area (Å²) in [6.07, 6.45) is 3.80. The molecule has 0 saturated carbocycles. The Kier molecular flexibility index (Phi) is 6.63. The molecule has 3 aromatic rings. The number of nitrogens with zero attached hydrogens (tertiary/aromatic N) is 5. The lowest BCUT2D eigenvalue weighted by Crippen LogP contribution is -2.39. The summed E-state index contributed by atoms with van der Waals surface area (Å²) in [7, 11) is -3.34. The van der Waals surface area contributed by atoms with Crippen LogP contribution in [-0.4, -0.2) is 47.1 Å². The number of aromatic nitrogens is 4. The quantitative estimate of drug-likeness (QED) is 0.416. The lowest BCUT2D eigenvalue weighted by Gasteiger charge is -2.13. The predicted octanol–water partition coefficient (Wildman–Crippen LogP) is 2.20. The van der Waals surface area contributed by atoms with E-state index in [1.165, 1.54) is 35.1 Å². The van der Waals surface area contributed by atoms with E-state index in [2.05, 4.69) is 25.0 Å². The number of para-hydroxylation sites is 1. The Labute approximate surface area is 204 Å². The number of rotatable bonds is 6. The number of amides is 2. The van der Waals surface area contributed by atoms with E-state index in [1.807, 2.05) is 6.07 Å². The largest absolute Gasteiger partial charge is 0.465 e. The zero-order chi connectivity index (χ0) is 25.2. The molecule has 0 bridgehead atoms. The minimum absolute atomic E-state index is 0.0383. The second kappa shape index (κ2) is 9.65. The smallest absolute Gasteiger partial charge is 0.339 e. The van der Waals surface area contributed by atoms with Crippen LogP contribution in [0.5, 0.6) is 0 Å². The minimum Gasteiger partial charge on any atom is -0.465 e. The SMILES string of the molecule is COC(=O)c1ccccc1NS(=O)(=O)NC(=O)Nc1c(C#N)cnn1-c1nn2c(c1Cl)CCCC2.